The van der Waals surface area contributed by atoms with Gasteiger partial charge < -0.3 is 9.64 Å². The van der Waals surface area contributed by atoms with Crippen molar-refractivity contribution in [3.8, 4) is 5.75 Å². The molecule has 164 valence electrons. The Bertz CT molecular complexity index is 708. The van der Waals surface area contributed by atoms with Gasteiger partial charge in [0.25, 0.3) is 0 Å². The van der Waals surface area contributed by atoms with E-state index >= 15 is 0 Å². The third kappa shape index (κ3) is 5.46. The molecule has 2 atom stereocenters. The molecule has 30 heavy (non-hydrogen) atoms. The van der Waals surface area contributed by atoms with Crippen molar-refractivity contribution in [2.75, 3.05) is 33.3 Å². The Labute approximate surface area is 182 Å². The van der Waals surface area contributed by atoms with Crippen molar-refractivity contribution in [1.29, 1.82) is 0 Å². The normalized spacial score (nSPS) is 26.2. The largest absolute Gasteiger partial charge is 0.497 e. The Morgan fingerprint density at radius 1 is 1.07 bits per heavy atom. The van der Waals surface area contributed by atoms with E-state index in [4.69, 9.17) is 4.74 Å². The number of hydrogen-bond acceptors (Lipinski definition) is 3. The first-order valence-corrected chi connectivity index (χ1v) is 12.1. The molecule has 0 unspecified atom stereocenters. The van der Waals surface area contributed by atoms with Crippen molar-refractivity contribution in [3.05, 3.63) is 35.9 Å². The number of piperidine rings is 2. The van der Waals surface area contributed by atoms with Crippen molar-refractivity contribution >= 4 is 12.0 Å². The van der Waals surface area contributed by atoms with E-state index in [2.05, 4.69) is 34.1 Å². The fourth-order valence-corrected chi connectivity index (χ4v) is 5.73. The molecule has 4 nitrogen and oxygen atoms in total. The third-order valence-corrected chi connectivity index (χ3v) is 7.52. The van der Waals surface area contributed by atoms with E-state index in [1.807, 2.05) is 12.1 Å². The second-order valence-electron chi connectivity index (χ2n) is 9.47. The molecule has 2 heterocycles. The summed E-state index contributed by atoms with van der Waals surface area (Å²) >= 11 is 0. The SMILES string of the molecule is COc1ccc(/C=C/CN2CC[C@@H]3[C@@H](CCC(=O)N3CCC3CCCCC3)C2)cc1. The number of likely N-dealkylation sites (tertiary alicyclic amines) is 2. The molecular formula is C26H38N2O2. The summed E-state index contributed by atoms with van der Waals surface area (Å²) in [6.07, 6.45) is 15.6. The van der Waals surface area contributed by atoms with Gasteiger partial charge in [-0.3, -0.25) is 9.69 Å². The summed E-state index contributed by atoms with van der Waals surface area (Å²) in [7, 11) is 1.70. The van der Waals surface area contributed by atoms with Crippen LogP contribution in [0.2, 0.25) is 0 Å². The van der Waals surface area contributed by atoms with Gasteiger partial charge in [-0.2, -0.15) is 0 Å². The lowest BCUT2D eigenvalue weighted by molar-refractivity contribution is -0.141. The highest BCUT2D eigenvalue weighted by atomic mass is 16.5. The zero-order chi connectivity index (χ0) is 20.8. The molecule has 1 aliphatic carbocycles. The van der Waals surface area contributed by atoms with Gasteiger partial charge in [-0.05, 0) is 48.8 Å². The van der Waals surface area contributed by atoms with Crippen LogP contribution in [-0.4, -0.2) is 55.0 Å². The molecule has 0 radical (unpaired) electrons. The van der Waals surface area contributed by atoms with E-state index in [-0.39, 0.29) is 0 Å². The van der Waals surface area contributed by atoms with Crippen LogP contribution in [0.1, 0.15) is 63.4 Å². The molecule has 1 aromatic carbocycles. The van der Waals surface area contributed by atoms with Gasteiger partial charge in [0.1, 0.15) is 5.75 Å². The van der Waals surface area contributed by atoms with Crippen LogP contribution in [-0.2, 0) is 4.79 Å². The highest BCUT2D eigenvalue weighted by molar-refractivity contribution is 5.77. The predicted octanol–water partition coefficient (Wildman–Crippen LogP) is 4.99. The zero-order valence-corrected chi connectivity index (χ0v) is 18.6. The molecule has 0 spiro atoms. The standard InChI is InChI=1S/C26H38N2O2/c1-30-24-12-9-22(10-13-24)8-5-17-27-18-16-25-23(20-27)11-14-26(29)28(25)19-15-21-6-3-2-4-7-21/h5,8-10,12-13,21,23,25H,2-4,6-7,11,14-20H2,1H3/b8-5+/t23-,25+/m0/s1. The maximum Gasteiger partial charge on any atom is 0.222 e. The minimum Gasteiger partial charge on any atom is -0.497 e. The lowest BCUT2D eigenvalue weighted by Crippen LogP contribution is -2.56. The van der Waals surface area contributed by atoms with Crippen LogP contribution in [0.3, 0.4) is 0 Å². The van der Waals surface area contributed by atoms with Crippen LogP contribution < -0.4 is 4.74 Å². The topological polar surface area (TPSA) is 32.8 Å². The smallest absolute Gasteiger partial charge is 0.222 e. The van der Waals surface area contributed by atoms with E-state index in [1.54, 1.807) is 7.11 Å². The Morgan fingerprint density at radius 2 is 1.87 bits per heavy atom. The Morgan fingerprint density at radius 3 is 2.63 bits per heavy atom. The number of ether oxygens (including phenoxy) is 1. The third-order valence-electron chi connectivity index (χ3n) is 7.52. The van der Waals surface area contributed by atoms with Gasteiger partial charge in [0.05, 0.1) is 7.11 Å². The molecule has 1 amide bonds. The maximum absolute atomic E-state index is 12.7. The van der Waals surface area contributed by atoms with Crippen molar-refractivity contribution < 1.29 is 9.53 Å². The molecule has 1 saturated carbocycles. The lowest BCUT2D eigenvalue weighted by Gasteiger charge is -2.47. The number of benzene rings is 1. The Kier molecular flexibility index (Phi) is 7.48. The van der Waals surface area contributed by atoms with Gasteiger partial charge in [-0.1, -0.05) is 56.4 Å². The molecule has 2 aliphatic heterocycles. The van der Waals surface area contributed by atoms with Crippen LogP contribution in [0.5, 0.6) is 5.75 Å². The van der Waals surface area contributed by atoms with E-state index in [1.165, 1.54) is 44.1 Å². The number of carbonyl (C=O) groups is 1. The summed E-state index contributed by atoms with van der Waals surface area (Å²) in [5.41, 5.74) is 1.21. The first kappa shape index (κ1) is 21.4. The number of nitrogens with zero attached hydrogens (tertiary/aromatic N) is 2. The number of rotatable bonds is 7. The molecule has 3 fully saturated rings. The number of fused-ring (bicyclic) bond motifs is 1. The van der Waals surface area contributed by atoms with E-state index in [9.17, 15) is 4.79 Å². The molecular weight excluding hydrogens is 372 g/mol. The second kappa shape index (κ2) is 10.5. The summed E-state index contributed by atoms with van der Waals surface area (Å²) in [6, 6.07) is 8.69. The van der Waals surface area contributed by atoms with Gasteiger partial charge in [0, 0.05) is 38.6 Å². The average molecular weight is 411 g/mol. The predicted molar refractivity (Wildman–Crippen MR) is 123 cm³/mol. The monoisotopic (exact) mass is 410 g/mol. The van der Waals surface area contributed by atoms with Crippen molar-refractivity contribution in [2.45, 2.75) is 63.8 Å². The van der Waals surface area contributed by atoms with Crippen LogP contribution in [0.15, 0.2) is 30.3 Å². The number of amides is 1. The highest BCUT2D eigenvalue weighted by Crippen LogP contribution is 2.33. The van der Waals surface area contributed by atoms with Gasteiger partial charge in [0.15, 0.2) is 0 Å². The highest BCUT2D eigenvalue weighted by Gasteiger charge is 2.38. The number of methoxy groups -OCH3 is 1. The maximum atomic E-state index is 12.7. The van der Waals surface area contributed by atoms with Gasteiger partial charge in [-0.25, -0.2) is 0 Å². The molecule has 4 rings (SSSR count). The second-order valence-corrected chi connectivity index (χ2v) is 9.47. The molecule has 0 N–H and O–H groups in total. The Hall–Kier alpha value is -1.81. The molecule has 3 aliphatic rings. The summed E-state index contributed by atoms with van der Waals surface area (Å²) in [5.74, 6) is 2.82. The molecule has 0 bridgehead atoms. The summed E-state index contributed by atoms with van der Waals surface area (Å²) in [6.45, 7) is 4.22. The molecule has 1 aromatic rings. The fraction of sp³-hybridized carbons (Fsp3) is 0.654. The Balaban J connectivity index is 1.26. The quantitative estimate of drug-likeness (QED) is 0.635. The van der Waals surface area contributed by atoms with Crippen LogP contribution in [0, 0.1) is 11.8 Å². The van der Waals surface area contributed by atoms with Crippen LogP contribution >= 0.6 is 0 Å². The van der Waals surface area contributed by atoms with Crippen molar-refractivity contribution in [1.82, 2.24) is 9.80 Å². The van der Waals surface area contributed by atoms with Crippen LogP contribution in [0.4, 0.5) is 0 Å². The molecule has 4 heteroatoms. The van der Waals surface area contributed by atoms with E-state index in [0.29, 0.717) is 17.9 Å². The van der Waals surface area contributed by atoms with Gasteiger partial charge in [-0.15, -0.1) is 0 Å². The number of hydrogen-bond donors (Lipinski definition) is 0. The van der Waals surface area contributed by atoms with Gasteiger partial charge >= 0.3 is 0 Å². The lowest BCUT2D eigenvalue weighted by atomic mass is 9.82. The summed E-state index contributed by atoms with van der Waals surface area (Å²) in [4.78, 5) is 17.5. The summed E-state index contributed by atoms with van der Waals surface area (Å²) in [5, 5.41) is 0. The van der Waals surface area contributed by atoms with E-state index in [0.717, 1.165) is 57.1 Å². The van der Waals surface area contributed by atoms with E-state index < -0.39 is 0 Å². The number of carbonyl (C=O) groups excluding carboxylic acids is 1. The minimum absolute atomic E-state index is 0.417. The summed E-state index contributed by atoms with van der Waals surface area (Å²) < 4.78 is 5.23. The van der Waals surface area contributed by atoms with Crippen molar-refractivity contribution in [3.63, 3.8) is 0 Å². The molecule has 2 saturated heterocycles. The van der Waals surface area contributed by atoms with Crippen molar-refractivity contribution in [2.24, 2.45) is 11.8 Å². The molecule has 0 aromatic heterocycles. The zero-order valence-electron chi connectivity index (χ0n) is 18.6. The fourth-order valence-electron chi connectivity index (χ4n) is 5.73. The minimum atomic E-state index is 0.417. The first-order chi connectivity index (χ1) is 14.7. The first-order valence-electron chi connectivity index (χ1n) is 12.1. The average Bonchev–Trinajstić information content (AvgIpc) is 2.79. The van der Waals surface area contributed by atoms with Gasteiger partial charge in [0.2, 0.25) is 5.91 Å². The van der Waals surface area contributed by atoms with Crippen LogP contribution in [0.25, 0.3) is 6.08 Å².